The van der Waals surface area contributed by atoms with Crippen molar-refractivity contribution in [3.63, 3.8) is 0 Å². The molecule has 0 spiro atoms. The molecule has 0 fully saturated rings. The smallest absolute Gasteiger partial charge is 0.267 e. The van der Waals surface area contributed by atoms with Gasteiger partial charge in [0.25, 0.3) is 5.91 Å². The lowest BCUT2D eigenvalue weighted by Crippen LogP contribution is -2.16. The molecular formula is C10H14N2O. The Morgan fingerprint density at radius 3 is 2.85 bits per heavy atom. The van der Waals surface area contributed by atoms with Crippen LogP contribution < -0.4 is 5.73 Å². The van der Waals surface area contributed by atoms with Crippen LogP contribution in [-0.2, 0) is 6.42 Å². The monoisotopic (exact) mass is 178 g/mol. The van der Waals surface area contributed by atoms with E-state index in [1.807, 2.05) is 12.1 Å². The molecule has 0 aliphatic carbocycles. The van der Waals surface area contributed by atoms with Crippen molar-refractivity contribution in [1.82, 2.24) is 4.98 Å². The summed E-state index contributed by atoms with van der Waals surface area (Å²) in [4.78, 5) is 14.9. The Kier molecular flexibility index (Phi) is 3.01. The third kappa shape index (κ3) is 2.54. The van der Waals surface area contributed by atoms with E-state index in [0.717, 1.165) is 12.0 Å². The first kappa shape index (κ1) is 9.71. The van der Waals surface area contributed by atoms with E-state index in [1.54, 1.807) is 6.20 Å². The van der Waals surface area contributed by atoms with E-state index >= 15 is 0 Å². The number of amides is 1. The molecular weight excluding hydrogens is 164 g/mol. The average molecular weight is 178 g/mol. The van der Waals surface area contributed by atoms with Gasteiger partial charge in [0.2, 0.25) is 0 Å². The Balaban J connectivity index is 2.98. The van der Waals surface area contributed by atoms with E-state index in [2.05, 4.69) is 18.8 Å². The van der Waals surface area contributed by atoms with Crippen LogP contribution in [0.3, 0.4) is 0 Å². The maximum atomic E-state index is 11.0. The van der Waals surface area contributed by atoms with Gasteiger partial charge in [0.15, 0.2) is 0 Å². The summed E-state index contributed by atoms with van der Waals surface area (Å²) in [7, 11) is 0. The molecule has 0 saturated heterocycles. The zero-order valence-corrected chi connectivity index (χ0v) is 7.95. The van der Waals surface area contributed by atoms with Gasteiger partial charge in [-0.05, 0) is 24.0 Å². The van der Waals surface area contributed by atoms with Crippen molar-refractivity contribution in [2.45, 2.75) is 20.3 Å². The third-order valence-corrected chi connectivity index (χ3v) is 1.75. The van der Waals surface area contributed by atoms with Gasteiger partial charge in [0.1, 0.15) is 5.69 Å². The van der Waals surface area contributed by atoms with Crippen LogP contribution in [-0.4, -0.2) is 10.9 Å². The lowest BCUT2D eigenvalue weighted by atomic mass is 10.0. The topological polar surface area (TPSA) is 56.0 Å². The number of primary amides is 1. The van der Waals surface area contributed by atoms with E-state index in [9.17, 15) is 4.79 Å². The molecule has 1 aromatic heterocycles. The maximum absolute atomic E-state index is 11.0. The number of nitrogens with zero attached hydrogens (tertiary/aromatic N) is 1. The highest BCUT2D eigenvalue weighted by Gasteiger charge is 2.09. The molecule has 1 rings (SSSR count). The molecule has 2 N–H and O–H groups in total. The maximum Gasteiger partial charge on any atom is 0.267 e. The van der Waals surface area contributed by atoms with Crippen LogP contribution in [0.25, 0.3) is 0 Å². The zero-order valence-electron chi connectivity index (χ0n) is 7.95. The van der Waals surface area contributed by atoms with Crippen LogP contribution in [0.4, 0.5) is 0 Å². The molecule has 0 aliphatic rings. The second-order valence-corrected chi connectivity index (χ2v) is 3.47. The van der Waals surface area contributed by atoms with Gasteiger partial charge in [-0.2, -0.15) is 0 Å². The minimum Gasteiger partial charge on any atom is -0.364 e. The number of pyridine rings is 1. The molecule has 1 amide bonds. The van der Waals surface area contributed by atoms with Crippen molar-refractivity contribution < 1.29 is 4.79 Å². The van der Waals surface area contributed by atoms with Crippen LogP contribution in [0.15, 0.2) is 18.3 Å². The summed E-state index contributed by atoms with van der Waals surface area (Å²) in [6.07, 6.45) is 2.43. The molecule has 3 nitrogen and oxygen atoms in total. The fourth-order valence-electron chi connectivity index (χ4n) is 1.27. The first-order chi connectivity index (χ1) is 6.11. The summed E-state index contributed by atoms with van der Waals surface area (Å²) in [6.45, 7) is 4.19. The van der Waals surface area contributed by atoms with Crippen molar-refractivity contribution >= 4 is 5.91 Å². The van der Waals surface area contributed by atoms with E-state index in [-0.39, 0.29) is 0 Å². The van der Waals surface area contributed by atoms with Gasteiger partial charge in [-0.3, -0.25) is 9.78 Å². The van der Waals surface area contributed by atoms with Gasteiger partial charge in [-0.15, -0.1) is 0 Å². The van der Waals surface area contributed by atoms with Crippen molar-refractivity contribution in [2.75, 3.05) is 0 Å². The molecule has 13 heavy (non-hydrogen) atoms. The summed E-state index contributed by atoms with van der Waals surface area (Å²) in [6, 6.07) is 3.72. The summed E-state index contributed by atoms with van der Waals surface area (Å²) >= 11 is 0. The van der Waals surface area contributed by atoms with Crippen molar-refractivity contribution in [1.29, 1.82) is 0 Å². The van der Waals surface area contributed by atoms with E-state index < -0.39 is 5.91 Å². The number of rotatable bonds is 3. The van der Waals surface area contributed by atoms with Gasteiger partial charge < -0.3 is 5.73 Å². The Labute approximate surface area is 78.0 Å². The van der Waals surface area contributed by atoms with Gasteiger partial charge in [-0.25, -0.2) is 0 Å². The summed E-state index contributed by atoms with van der Waals surface area (Å²) in [5.74, 6) is 0.0542. The number of hydrogen-bond acceptors (Lipinski definition) is 2. The SMILES string of the molecule is CC(C)Cc1cccnc1C(N)=O. The highest BCUT2D eigenvalue weighted by Crippen LogP contribution is 2.10. The first-order valence-electron chi connectivity index (χ1n) is 4.35. The molecule has 0 atom stereocenters. The zero-order chi connectivity index (χ0) is 9.84. The van der Waals surface area contributed by atoms with E-state index in [4.69, 9.17) is 5.73 Å². The lowest BCUT2D eigenvalue weighted by Gasteiger charge is -2.07. The Bertz CT molecular complexity index is 308. The molecule has 0 aliphatic heterocycles. The van der Waals surface area contributed by atoms with Crippen molar-refractivity contribution in [3.05, 3.63) is 29.6 Å². The molecule has 70 valence electrons. The van der Waals surface area contributed by atoms with Gasteiger partial charge in [0, 0.05) is 6.20 Å². The minimum absolute atomic E-state index is 0.399. The van der Waals surface area contributed by atoms with Gasteiger partial charge >= 0.3 is 0 Å². The first-order valence-corrected chi connectivity index (χ1v) is 4.35. The second-order valence-electron chi connectivity index (χ2n) is 3.47. The van der Waals surface area contributed by atoms with Gasteiger partial charge in [-0.1, -0.05) is 19.9 Å². The Hall–Kier alpha value is -1.38. The molecule has 1 aromatic rings. The minimum atomic E-state index is -0.448. The van der Waals surface area contributed by atoms with Crippen LogP contribution >= 0.6 is 0 Å². The molecule has 1 heterocycles. The van der Waals surface area contributed by atoms with E-state index in [0.29, 0.717) is 11.6 Å². The third-order valence-electron chi connectivity index (χ3n) is 1.75. The molecule has 0 bridgehead atoms. The molecule has 0 aromatic carbocycles. The molecule has 3 heteroatoms. The number of nitrogens with two attached hydrogens (primary N) is 1. The number of hydrogen-bond donors (Lipinski definition) is 1. The molecule has 0 radical (unpaired) electrons. The van der Waals surface area contributed by atoms with Crippen LogP contribution in [0.5, 0.6) is 0 Å². The highest BCUT2D eigenvalue weighted by atomic mass is 16.1. The fourth-order valence-corrected chi connectivity index (χ4v) is 1.27. The molecule has 0 saturated carbocycles. The lowest BCUT2D eigenvalue weighted by molar-refractivity contribution is 0.0994. The predicted octanol–water partition coefficient (Wildman–Crippen LogP) is 1.38. The average Bonchev–Trinajstić information content (AvgIpc) is 2.03. The summed E-state index contributed by atoms with van der Waals surface area (Å²) in [5.41, 5.74) is 6.52. The number of aromatic nitrogens is 1. The van der Waals surface area contributed by atoms with Crippen LogP contribution in [0, 0.1) is 5.92 Å². The second kappa shape index (κ2) is 4.03. The highest BCUT2D eigenvalue weighted by molar-refractivity contribution is 5.92. The number of carbonyl (C=O) groups is 1. The number of carbonyl (C=O) groups excluding carboxylic acids is 1. The van der Waals surface area contributed by atoms with Crippen LogP contribution in [0.2, 0.25) is 0 Å². The van der Waals surface area contributed by atoms with Crippen molar-refractivity contribution in [2.24, 2.45) is 11.7 Å². The normalized spacial score (nSPS) is 10.4. The standard InChI is InChI=1S/C10H14N2O/c1-7(2)6-8-4-3-5-12-9(8)10(11)13/h3-5,7H,6H2,1-2H3,(H2,11,13). The summed E-state index contributed by atoms with van der Waals surface area (Å²) < 4.78 is 0. The van der Waals surface area contributed by atoms with E-state index in [1.165, 1.54) is 0 Å². The van der Waals surface area contributed by atoms with Crippen molar-refractivity contribution in [3.8, 4) is 0 Å². The molecule has 0 unspecified atom stereocenters. The largest absolute Gasteiger partial charge is 0.364 e. The predicted molar refractivity (Wildman–Crippen MR) is 51.3 cm³/mol. The van der Waals surface area contributed by atoms with Gasteiger partial charge in [0.05, 0.1) is 0 Å². The fraction of sp³-hybridized carbons (Fsp3) is 0.400. The summed E-state index contributed by atoms with van der Waals surface area (Å²) in [5, 5.41) is 0. The quantitative estimate of drug-likeness (QED) is 0.760. The Morgan fingerprint density at radius 2 is 2.31 bits per heavy atom. The Morgan fingerprint density at radius 1 is 1.62 bits per heavy atom. The van der Waals surface area contributed by atoms with Crippen LogP contribution in [0.1, 0.15) is 29.9 Å².